The molecule has 52 valence electrons. The van der Waals surface area contributed by atoms with Gasteiger partial charge in [0.05, 0.1) is 26.8 Å². The second kappa shape index (κ2) is 1.60. The van der Waals surface area contributed by atoms with Crippen LogP contribution in [-0.2, 0) is 0 Å². The normalized spacial score (nSPS) is 28.9. The summed E-state index contributed by atoms with van der Waals surface area (Å²) in [6, 6.07) is 0. The summed E-state index contributed by atoms with van der Waals surface area (Å²) in [4.78, 5) is 0. The van der Waals surface area contributed by atoms with Gasteiger partial charge in [-0.25, -0.2) is 0 Å². The van der Waals surface area contributed by atoms with Gasteiger partial charge in [0, 0.05) is 5.41 Å². The lowest BCUT2D eigenvalue weighted by molar-refractivity contribution is -0.837. The van der Waals surface area contributed by atoms with Crippen LogP contribution in [0, 0.1) is 5.41 Å². The van der Waals surface area contributed by atoms with Crippen LogP contribution in [-0.4, -0.2) is 25.1 Å². The highest BCUT2D eigenvalue weighted by Crippen LogP contribution is 2.27. The molecule has 1 rings (SSSR count). The van der Waals surface area contributed by atoms with E-state index in [1.807, 2.05) is 0 Å². The monoisotopic (exact) mass is 126 g/mol. The SMILES string of the molecule is CC1(C)C=C[N+](C)(C)C1. The fourth-order valence-corrected chi connectivity index (χ4v) is 1.56. The molecule has 0 aromatic rings. The zero-order valence-electron chi connectivity index (χ0n) is 6.81. The van der Waals surface area contributed by atoms with Crippen LogP contribution in [0.1, 0.15) is 13.8 Å². The second-order valence-corrected chi connectivity index (χ2v) is 4.24. The van der Waals surface area contributed by atoms with Crippen molar-refractivity contribution in [3.8, 4) is 0 Å². The van der Waals surface area contributed by atoms with Crippen molar-refractivity contribution in [2.75, 3.05) is 20.6 Å². The van der Waals surface area contributed by atoms with Crippen LogP contribution in [0.3, 0.4) is 0 Å². The van der Waals surface area contributed by atoms with Gasteiger partial charge in [-0.15, -0.1) is 0 Å². The van der Waals surface area contributed by atoms with E-state index < -0.39 is 0 Å². The van der Waals surface area contributed by atoms with E-state index in [4.69, 9.17) is 0 Å². The third-order valence-electron chi connectivity index (χ3n) is 1.74. The third-order valence-corrected chi connectivity index (χ3v) is 1.74. The maximum Gasteiger partial charge on any atom is 0.0921 e. The lowest BCUT2D eigenvalue weighted by Crippen LogP contribution is -2.35. The summed E-state index contributed by atoms with van der Waals surface area (Å²) >= 11 is 0. The molecule has 0 aromatic heterocycles. The van der Waals surface area contributed by atoms with E-state index in [2.05, 4.69) is 40.2 Å². The molecule has 9 heavy (non-hydrogen) atoms. The summed E-state index contributed by atoms with van der Waals surface area (Å²) in [5.74, 6) is 0. The first-order valence-electron chi connectivity index (χ1n) is 3.44. The molecule has 1 nitrogen and oxygen atoms in total. The van der Waals surface area contributed by atoms with Gasteiger partial charge in [-0.3, -0.25) is 0 Å². The van der Waals surface area contributed by atoms with E-state index in [0.717, 1.165) is 4.48 Å². The molecule has 1 aliphatic rings. The summed E-state index contributed by atoms with van der Waals surface area (Å²) in [6.45, 7) is 5.78. The Morgan fingerprint density at radius 1 is 1.33 bits per heavy atom. The van der Waals surface area contributed by atoms with Crippen LogP contribution >= 0.6 is 0 Å². The van der Waals surface area contributed by atoms with Crippen molar-refractivity contribution >= 4 is 0 Å². The van der Waals surface area contributed by atoms with Gasteiger partial charge in [0.2, 0.25) is 0 Å². The van der Waals surface area contributed by atoms with Crippen molar-refractivity contribution in [1.82, 2.24) is 0 Å². The van der Waals surface area contributed by atoms with Crippen molar-refractivity contribution in [3.05, 3.63) is 12.3 Å². The van der Waals surface area contributed by atoms with Gasteiger partial charge < -0.3 is 4.48 Å². The average Bonchev–Trinajstić information content (AvgIpc) is 1.78. The van der Waals surface area contributed by atoms with Crippen molar-refractivity contribution < 1.29 is 4.48 Å². The van der Waals surface area contributed by atoms with Crippen LogP contribution in [0.15, 0.2) is 12.3 Å². The van der Waals surface area contributed by atoms with Gasteiger partial charge in [0.1, 0.15) is 0 Å². The molecule has 0 amide bonds. The predicted octanol–water partition coefficient (Wildman–Crippen LogP) is 1.62. The summed E-state index contributed by atoms with van der Waals surface area (Å²) in [7, 11) is 4.45. The van der Waals surface area contributed by atoms with Gasteiger partial charge in [0.15, 0.2) is 0 Å². The summed E-state index contributed by atoms with van der Waals surface area (Å²) in [5, 5.41) is 0. The molecule has 0 aromatic carbocycles. The largest absolute Gasteiger partial charge is 0.302 e. The lowest BCUT2D eigenvalue weighted by atomic mass is 9.96. The van der Waals surface area contributed by atoms with Gasteiger partial charge in [0.25, 0.3) is 0 Å². The van der Waals surface area contributed by atoms with Gasteiger partial charge >= 0.3 is 0 Å². The Morgan fingerprint density at radius 3 is 2.00 bits per heavy atom. The summed E-state index contributed by atoms with van der Waals surface area (Å²) in [5.41, 5.74) is 0.420. The molecule has 0 N–H and O–H groups in total. The molecular formula is C8H16N+. The number of hydrogen-bond acceptors (Lipinski definition) is 0. The quantitative estimate of drug-likeness (QED) is 0.433. The molecule has 0 radical (unpaired) electrons. The molecule has 0 unspecified atom stereocenters. The fourth-order valence-electron chi connectivity index (χ4n) is 1.56. The zero-order valence-corrected chi connectivity index (χ0v) is 6.81. The molecule has 0 fully saturated rings. The Morgan fingerprint density at radius 2 is 1.89 bits per heavy atom. The van der Waals surface area contributed by atoms with E-state index in [1.54, 1.807) is 0 Å². The first kappa shape index (κ1) is 6.81. The standard InChI is InChI=1S/C8H16N/c1-8(2)5-6-9(3,4)7-8/h5-6H,7H2,1-4H3/q+1. The van der Waals surface area contributed by atoms with E-state index >= 15 is 0 Å². The van der Waals surface area contributed by atoms with E-state index in [1.165, 1.54) is 6.54 Å². The van der Waals surface area contributed by atoms with Crippen molar-refractivity contribution in [2.45, 2.75) is 13.8 Å². The Kier molecular flexibility index (Phi) is 1.21. The molecule has 0 spiro atoms. The molecule has 0 saturated carbocycles. The van der Waals surface area contributed by atoms with Gasteiger partial charge in [-0.1, -0.05) is 13.8 Å². The molecule has 1 aliphatic heterocycles. The number of nitrogens with zero attached hydrogens (tertiary/aromatic N) is 1. The molecule has 0 atom stereocenters. The van der Waals surface area contributed by atoms with Gasteiger partial charge in [-0.05, 0) is 6.08 Å². The topological polar surface area (TPSA) is 0 Å². The van der Waals surface area contributed by atoms with Gasteiger partial charge in [-0.2, -0.15) is 0 Å². The number of hydrogen-bond donors (Lipinski definition) is 0. The molecular weight excluding hydrogens is 110 g/mol. The van der Waals surface area contributed by atoms with Crippen molar-refractivity contribution in [2.24, 2.45) is 5.41 Å². The Hall–Kier alpha value is -0.300. The van der Waals surface area contributed by atoms with Crippen molar-refractivity contribution in [1.29, 1.82) is 0 Å². The Bertz CT molecular complexity index is 127. The molecule has 0 aliphatic carbocycles. The highest BCUT2D eigenvalue weighted by atomic mass is 15.3. The summed E-state index contributed by atoms with van der Waals surface area (Å²) < 4.78 is 1.03. The van der Waals surface area contributed by atoms with Crippen LogP contribution in [0.2, 0.25) is 0 Å². The minimum Gasteiger partial charge on any atom is -0.302 e. The van der Waals surface area contributed by atoms with Crippen LogP contribution in [0.5, 0.6) is 0 Å². The molecule has 0 bridgehead atoms. The third kappa shape index (κ3) is 1.55. The first-order chi connectivity index (χ1) is 3.91. The Balaban J connectivity index is 2.71. The van der Waals surface area contributed by atoms with E-state index in [9.17, 15) is 0 Å². The van der Waals surface area contributed by atoms with Crippen LogP contribution < -0.4 is 0 Å². The second-order valence-electron chi connectivity index (χ2n) is 4.24. The zero-order chi connectivity index (χ0) is 7.12. The van der Waals surface area contributed by atoms with E-state index in [-0.39, 0.29) is 0 Å². The summed E-state index contributed by atoms with van der Waals surface area (Å²) in [6.07, 6.45) is 4.56. The van der Waals surface area contributed by atoms with Crippen LogP contribution in [0.25, 0.3) is 0 Å². The van der Waals surface area contributed by atoms with Crippen LogP contribution in [0.4, 0.5) is 0 Å². The van der Waals surface area contributed by atoms with Crippen molar-refractivity contribution in [3.63, 3.8) is 0 Å². The van der Waals surface area contributed by atoms with E-state index in [0.29, 0.717) is 5.41 Å². The number of rotatable bonds is 0. The molecule has 0 saturated heterocycles. The molecule has 1 heterocycles. The smallest absolute Gasteiger partial charge is 0.0921 e. The highest BCUT2D eigenvalue weighted by molar-refractivity contribution is 4.96. The predicted molar refractivity (Wildman–Crippen MR) is 39.9 cm³/mol. The number of quaternary nitrogens is 1. The Labute approximate surface area is 57.6 Å². The first-order valence-corrected chi connectivity index (χ1v) is 3.44. The average molecular weight is 126 g/mol. The fraction of sp³-hybridized carbons (Fsp3) is 0.750. The maximum atomic E-state index is 2.30. The minimum absolute atomic E-state index is 0.420. The minimum atomic E-state index is 0.420. The maximum absolute atomic E-state index is 2.30. The lowest BCUT2D eigenvalue weighted by Gasteiger charge is -2.24. The highest BCUT2D eigenvalue weighted by Gasteiger charge is 2.31. The molecule has 1 heteroatoms.